The minimum Gasteiger partial charge on any atom is -0.444 e. The summed E-state index contributed by atoms with van der Waals surface area (Å²) in [4.78, 5) is 25.1. The number of methoxy groups -OCH3 is 1. The summed E-state index contributed by atoms with van der Waals surface area (Å²) in [6.45, 7) is 6.09. The highest BCUT2D eigenvalue weighted by atomic mass is 79.9. The van der Waals surface area contributed by atoms with Gasteiger partial charge in [0.05, 0.1) is 18.7 Å². The van der Waals surface area contributed by atoms with E-state index in [-0.39, 0.29) is 17.6 Å². The highest BCUT2D eigenvalue weighted by Crippen LogP contribution is 2.34. The third kappa shape index (κ3) is 4.34. The first-order valence-electron chi connectivity index (χ1n) is 8.08. The minimum absolute atomic E-state index is 0.197. The Labute approximate surface area is 160 Å². The number of aromatic nitrogens is 2. The molecule has 10 heteroatoms. The van der Waals surface area contributed by atoms with Gasteiger partial charge in [-0.05, 0) is 43.1 Å². The molecule has 1 aliphatic heterocycles. The van der Waals surface area contributed by atoms with Crippen LogP contribution in [0.3, 0.4) is 0 Å². The van der Waals surface area contributed by atoms with Crippen molar-refractivity contribution < 1.29 is 19.1 Å². The molecule has 0 radical (unpaired) electrons. The normalized spacial score (nSPS) is 19.9. The fraction of sp³-hybridized carbons (Fsp3) is 0.625. The molecule has 0 aliphatic carbocycles. The van der Waals surface area contributed by atoms with Gasteiger partial charge in [0, 0.05) is 13.7 Å². The number of hydrogen-bond donors (Lipinski definition) is 1. The number of rotatable bonds is 5. The van der Waals surface area contributed by atoms with Gasteiger partial charge in [-0.25, -0.2) is 9.48 Å². The zero-order valence-corrected chi connectivity index (χ0v) is 16.7. The molecule has 1 aliphatic rings. The Morgan fingerprint density at radius 3 is 2.77 bits per heavy atom. The van der Waals surface area contributed by atoms with Crippen molar-refractivity contribution in [1.29, 1.82) is 5.26 Å². The Bertz CT molecular complexity index is 721. The van der Waals surface area contributed by atoms with Crippen LogP contribution < -0.4 is 5.32 Å². The topological polar surface area (TPSA) is 109 Å². The second kappa shape index (κ2) is 8.05. The third-order valence-electron chi connectivity index (χ3n) is 3.90. The highest BCUT2D eigenvalue weighted by molar-refractivity contribution is 9.10. The lowest BCUT2D eigenvalue weighted by Gasteiger charge is -2.28. The summed E-state index contributed by atoms with van der Waals surface area (Å²) in [6.07, 6.45) is 0.617. The van der Waals surface area contributed by atoms with Crippen LogP contribution in [-0.4, -0.2) is 59.1 Å². The van der Waals surface area contributed by atoms with Gasteiger partial charge in [0.15, 0.2) is 0 Å². The predicted molar refractivity (Wildman–Crippen MR) is 96.6 cm³/mol. The number of halogens is 1. The number of amides is 2. The van der Waals surface area contributed by atoms with E-state index in [4.69, 9.17) is 9.47 Å². The van der Waals surface area contributed by atoms with Gasteiger partial charge in [0.1, 0.15) is 27.7 Å². The number of anilines is 1. The van der Waals surface area contributed by atoms with Crippen LogP contribution in [0.5, 0.6) is 0 Å². The number of nitriles is 1. The molecule has 2 heterocycles. The lowest BCUT2D eigenvalue weighted by atomic mass is 10.2. The molecule has 1 aromatic rings. The average Bonchev–Trinajstić information content (AvgIpc) is 3.08. The molecule has 1 aromatic heterocycles. The molecule has 1 N–H and O–H groups in total. The van der Waals surface area contributed by atoms with Crippen molar-refractivity contribution in [3.63, 3.8) is 0 Å². The lowest BCUT2D eigenvalue weighted by molar-refractivity contribution is -0.105. The van der Waals surface area contributed by atoms with Crippen LogP contribution in [0.15, 0.2) is 4.60 Å². The number of hydrogen-bond acceptors (Lipinski definition) is 6. The van der Waals surface area contributed by atoms with Gasteiger partial charge < -0.3 is 19.7 Å². The molecule has 0 spiro atoms. The molecule has 0 unspecified atom stereocenters. The fourth-order valence-corrected chi connectivity index (χ4v) is 3.38. The van der Waals surface area contributed by atoms with E-state index >= 15 is 0 Å². The zero-order chi connectivity index (χ0) is 19.5. The maximum atomic E-state index is 12.5. The highest BCUT2D eigenvalue weighted by Gasteiger charge is 2.40. The first-order chi connectivity index (χ1) is 12.2. The van der Waals surface area contributed by atoms with Crippen molar-refractivity contribution in [2.45, 2.75) is 44.9 Å². The maximum absolute atomic E-state index is 12.5. The van der Waals surface area contributed by atoms with Crippen molar-refractivity contribution in [2.24, 2.45) is 0 Å². The van der Waals surface area contributed by atoms with Crippen molar-refractivity contribution in [3.05, 3.63) is 10.2 Å². The summed E-state index contributed by atoms with van der Waals surface area (Å²) in [6, 6.07) is 1.58. The number of carbonyl (C=O) groups is 2. The fourth-order valence-electron chi connectivity index (χ4n) is 2.93. The second-order valence-electron chi connectivity index (χ2n) is 6.96. The van der Waals surface area contributed by atoms with E-state index in [1.807, 2.05) is 6.07 Å². The molecule has 9 nitrogen and oxygen atoms in total. The van der Waals surface area contributed by atoms with Gasteiger partial charge in [-0.3, -0.25) is 4.79 Å². The van der Waals surface area contributed by atoms with E-state index in [1.165, 1.54) is 0 Å². The molecule has 0 aromatic carbocycles. The summed E-state index contributed by atoms with van der Waals surface area (Å²) in [5, 5.41) is 16.1. The van der Waals surface area contributed by atoms with E-state index in [9.17, 15) is 14.9 Å². The molecule has 1 saturated heterocycles. The summed E-state index contributed by atoms with van der Waals surface area (Å²) < 4.78 is 12.6. The molecule has 2 amide bonds. The van der Waals surface area contributed by atoms with E-state index in [0.717, 1.165) is 0 Å². The molecule has 26 heavy (non-hydrogen) atoms. The Morgan fingerprint density at radius 1 is 1.54 bits per heavy atom. The zero-order valence-electron chi connectivity index (χ0n) is 15.2. The number of nitrogens with one attached hydrogen (secondary N) is 1. The summed E-state index contributed by atoms with van der Waals surface area (Å²) in [7, 11) is 1.57. The van der Waals surface area contributed by atoms with Gasteiger partial charge >= 0.3 is 6.09 Å². The number of nitrogens with zero attached hydrogens (tertiary/aromatic N) is 4. The first-order valence-corrected chi connectivity index (χ1v) is 8.88. The monoisotopic (exact) mass is 427 g/mol. The standard InChI is InChI=1S/C16H22BrN5O4/c1-16(2,3)26-15(24)21-7-10(5-11(21)8-25-4)22-14(19-9-23)12(6-18)13(17)20-22/h9-11H,5,7-8H2,1-4H3,(H,19,23)/t10-,11+/m0/s1. The molecular weight excluding hydrogens is 406 g/mol. The molecule has 1 fully saturated rings. The van der Waals surface area contributed by atoms with Gasteiger partial charge in [-0.15, -0.1) is 0 Å². The maximum Gasteiger partial charge on any atom is 0.410 e. The lowest BCUT2D eigenvalue weighted by Crippen LogP contribution is -2.41. The van der Waals surface area contributed by atoms with Gasteiger partial charge in [-0.2, -0.15) is 10.4 Å². The van der Waals surface area contributed by atoms with Crippen LogP contribution >= 0.6 is 15.9 Å². The first kappa shape index (κ1) is 20.2. The predicted octanol–water partition coefficient (Wildman–Crippen LogP) is 2.28. The number of likely N-dealkylation sites (tertiary alicyclic amines) is 1. The SMILES string of the molecule is COC[C@H]1C[C@H](n2nc(Br)c(C#N)c2NC=O)CN1C(=O)OC(C)(C)C. The van der Waals surface area contributed by atoms with Crippen LogP contribution in [0.2, 0.25) is 0 Å². The summed E-state index contributed by atoms with van der Waals surface area (Å²) in [5.74, 6) is 0.293. The van der Waals surface area contributed by atoms with Gasteiger partial charge in [0.2, 0.25) is 6.41 Å². The van der Waals surface area contributed by atoms with E-state index in [0.29, 0.717) is 36.4 Å². The van der Waals surface area contributed by atoms with E-state index in [1.54, 1.807) is 37.5 Å². The Balaban J connectivity index is 2.31. The molecule has 0 saturated carbocycles. The Hall–Kier alpha value is -2.12. The van der Waals surface area contributed by atoms with E-state index in [2.05, 4.69) is 26.3 Å². The Morgan fingerprint density at radius 2 is 2.23 bits per heavy atom. The molecule has 0 bridgehead atoms. The molecule has 142 valence electrons. The van der Waals surface area contributed by atoms with Crippen LogP contribution in [0.4, 0.5) is 10.6 Å². The van der Waals surface area contributed by atoms with Crippen LogP contribution in [0.25, 0.3) is 0 Å². The Kier molecular flexibility index (Phi) is 6.26. The van der Waals surface area contributed by atoms with Gasteiger partial charge in [0.25, 0.3) is 0 Å². The summed E-state index contributed by atoms with van der Waals surface area (Å²) >= 11 is 3.23. The van der Waals surface area contributed by atoms with Crippen LogP contribution in [0.1, 0.15) is 38.8 Å². The van der Waals surface area contributed by atoms with Crippen molar-refractivity contribution in [1.82, 2.24) is 14.7 Å². The number of ether oxygens (including phenoxy) is 2. The van der Waals surface area contributed by atoms with Crippen LogP contribution in [-0.2, 0) is 14.3 Å². The molecular formula is C16H22BrN5O4. The molecule has 2 atom stereocenters. The van der Waals surface area contributed by atoms with Crippen molar-refractivity contribution in [3.8, 4) is 6.07 Å². The van der Waals surface area contributed by atoms with Crippen LogP contribution in [0, 0.1) is 11.3 Å². The van der Waals surface area contributed by atoms with Crippen molar-refractivity contribution in [2.75, 3.05) is 25.6 Å². The smallest absolute Gasteiger partial charge is 0.410 e. The second-order valence-corrected chi connectivity index (χ2v) is 7.72. The third-order valence-corrected chi connectivity index (χ3v) is 4.46. The minimum atomic E-state index is -0.611. The molecule has 2 rings (SSSR count). The van der Waals surface area contributed by atoms with Crippen molar-refractivity contribution >= 4 is 34.3 Å². The average molecular weight is 428 g/mol. The number of carbonyl (C=O) groups excluding carboxylic acids is 2. The largest absolute Gasteiger partial charge is 0.444 e. The van der Waals surface area contributed by atoms with Gasteiger partial charge in [-0.1, -0.05) is 0 Å². The van der Waals surface area contributed by atoms with E-state index < -0.39 is 11.7 Å². The summed E-state index contributed by atoms with van der Waals surface area (Å²) in [5.41, 5.74) is -0.379. The quantitative estimate of drug-likeness (QED) is 0.721.